The van der Waals surface area contributed by atoms with Crippen LogP contribution in [-0.4, -0.2) is 36.0 Å². The van der Waals surface area contributed by atoms with Crippen molar-refractivity contribution in [1.82, 2.24) is 5.32 Å². The third-order valence-corrected chi connectivity index (χ3v) is 4.31. The van der Waals surface area contributed by atoms with Crippen LogP contribution in [0.2, 0.25) is 0 Å². The van der Waals surface area contributed by atoms with E-state index in [1.807, 2.05) is 24.3 Å². The average Bonchev–Trinajstić information content (AvgIpc) is 2.67. The molecule has 0 radical (unpaired) electrons. The maximum Gasteiger partial charge on any atom is 0.305 e. The highest BCUT2D eigenvalue weighted by Crippen LogP contribution is 2.34. The Morgan fingerprint density at radius 3 is 2.56 bits per heavy atom. The molecule has 0 saturated heterocycles. The van der Waals surface area contributed by atoms with Crippen molar-refractivity contribution in [3.63, 3.8) is 0 Å². The number of anilines is 1. The third-order valence-electron chi connectivity index (χ3n) is 4.31. The molecule has 0 aliphatic carbocycles. The topological polar surface area (TPSA) is 105 Å². The van der Waals surface area contributed by atoms with Gasteiger partial charge in [0.1, 0.15) is 5.75 Å². The molecular weight excluding hydrogens is 348 g/mol. The number of carboxylic acid groups (broad SMARTS) is 1. The number of rotatable bonds is 6. The van der Waals surface area contributed by atoms with Crippen LogP contribution >= 0.6 is 0 Å². The van der Waals surface area contributed by atoms with Crippen LogP contribution in [0.25, 0.3) is 0 Å². The van der Waals surface area contributed by atoms with E-state index in [2.05, 4.69) is 10.6 Å². The molecule has 7 nitrogen and oxygen atoms in total. The standard InChI is InChI=1S/C20H20N2O5/c23-18(24)9-11-21-19(25)13-5-7-14(8-6-13)22-20(26)16-10-12-27-17-4-2-1-3-15(16)17/h1-8,16H,9-12H2,(H,21,25)(H,22,26)(H,23,24). The van der Waals surface area contributed by atoms with Crippen molar-refractivity contribution in [2.45, 2.75) is 18.8 Å². The number of carbonyl (C=O) groups is 3. The van der Waals surface area contributed by atoms with E-state index < -0.39 is 5.97 Å². The summed E-state index contributed by atoms with van der Waals surface area (Å²) in [6, 6.07) is 14.0. The van der Waals surface area contributed by atoms with Crippen molar-refractivity contribution in [3.05, 3.63) is 59.7 Å². The van der Waals surface area contributed by atoms with Crippen LogP contribution in [0.4, 0.5) is 5.69 Å². The van der Waals surface area contributed by atoms with Gasteiger partial charge in [0.25, 0.3) is 5.91 Å². The summed E-state index contributed by atoms with van der Waals surface area (Å²) in [6.07, 6.45) is 0.472. The molecule has 3 rings (SSSR count). The molecule has 1 aliphatic rings. The summed E-state index contributed by atoms with van der Waals surface area (Å²) in [5, 5.41) is 14.0. The van der Waals surface area contributed by atoms with E-state index in [1.54, 1.807) is 24.3 Å². The summed E-state index contributed by atoms with van der Waals surface area (Å²) in [6.45, 7) is 0.556. The molecule has 1 heterocycles. The molecule has 1 atom stereocenters. The Labute approximate surface area is 156 Å². The number of aliphatic carboxylic acids is 1. The number of amides is 2. The molecule has 0 bridgehead atoms. The third kappa shape index (κ3) is 4.63. The minimum Gasteiger partial charge on any atom is -0.493 e. The summed E-state index contributed by atoms with van der Waals surface area (Å²) in [4.78, 5) is 35.1. The maximum absolute atomic E-state index is 12.7. The number of hydrogen-bond acceptors (Lipinski definition) is 4. The molecule has 7 heteroatoms. The van der Waals surface area contributed by atoms with Crippen LogP contribution in [0.1, 0.15) is 34.7 Å². The van der Waals surface area contributed by atoms with Gasteiger partial charge in [-0.1, -0.05) is 18.2 Å². The molecule has 2 aromatic rings. The highest BCUT2D eigenvalue weighted by molar-refractivity contribution is 5.98. The first kappa shape index (κ1) is 18.4. The number of hydrogen-bond donors (Lipinski definition) is 3. The fraction of sp³-hybridized carbons (Fsp3) is 0.250. The first-order chi connectivity index (χ1) is 13.0. The van der Waals surface area contributed by atoms with Crippen LogP contribution < -0.4 is 15.4 Å². The SMILES string of the molecule is O=C(O)CCNC(=O)c1ccc(NC(=O)C2CCOc3ccccc32)cc1. The van der Waals surface area contributed by atoms with E-state index in [4.69, 9.17) is 9.84 Å². The fourth-order valence-electron chi connectivity index (χ4n) is 2.93. The van der Waals surface area contributed by atoms with Crippen molar-refractivity contribution in [3.8, 4) is 5.75 Å². The molecule has 27 heavy (non-hydrogen) atoms. The molecule has 0 spiro atoms. The van der Waals surface area contributed by atoms with Crippen molar-refractivity contribution >= 4 is 23.5 Å². The second kappa shape index (κ2) is 8.35. The number of nitrogens with one attached hydrogen (secondary N) is 2. The van der Waals surface area contributed by atoms with E-state index in [0.29, 0.717) is 24.3 Å². The molecule has 0 fully saturated rings. The van der Waals surface area contributed by atoms with Gasteiger partial charge in [0.2, 0.25) is 5.91 Å². The van der Waals surface area contributed by atoms with Gasteiger partial charge in [-0.05, 0) is 36.8 Å². The Hall–Kier alpha value is -3.35. The predicted octanol–water partition coefficient (Wildman–Crippen LogP) is 2.40. The van der Waals surface area contributed by atoms with Crippen LogP contribution in [-0.2, 0) is 9.59 Å². The lowest BCUT2D eigenvalue weighted by Gasteiger charge is -2.25. The lowest BCUT2D eigenvalue weighted by Crippen LogP contribution is -2.27. The van der Waals surface area contributed by atoms with Crippen molar-refractivity contribution in [1.29, 1.82) is 0 Å². The van der Waals surface area contributed by atoms with Gasteiger partial charge < -0.3 is 20.5 Å². The van der Waals surface area contributed by atoms with Gasteiger partial charge >= 0.3 is 5.97 Å². The minimum atomic E-state index is -0.969. The lowest BCUT2D eigenvalue weighted by molar-refractivity contribution is -0.136. The molecule has 140 valence electrons. The van der Waals surface area contributed by atoms with Gasteiger partial charge in [0.15, 0.2) is 0 Å². The monoisotopic (exact) mass is 368 g/mol. The van der Waals surface area contributed by atoms with Gasteiger partial charge in [-0.15, -0.1) is 0 Å². The van der Waals surface area contributed by atoms with E-state index >= 15 is 0 Å². The molecular formula is C20H20N2O5. The van der Waals surface area contributed by atoms with Gasteiger partial charge in [0, 0.05) is 23.4 Å². The Bertz CT molecular complexity index is 848. The summed E-state index contributed by atoms with van der Waals surface area (Å²) < 4.78 is 5.58. The average molecular weight is 368 g/mol. The van der Waals surface area contributed by atoms with Crippen LogP contribution in [0.5, 0.6) is 5.75 Å². The highest BCUT2D eigenvalue weighted by Gasteiger charge is 2.27. The zero-order valence-corrected chi connectivity index (χ0v) is 14.6. The van der Waals surface area contributed by atoms with Crippen molar-refractivity contribution in [2.24, 2.45) is 0 Å². The Kier molecular flexibility index (Phi) is 5.71. The van der Waals surface area contributed by atoms with E-state index in [0.717, 1.165) is 11.3 Å². The summed E-state index contributed by atoms with van der Waals surface area (Å²) in [7, 11) is 0. The number of carbonyl (C=O) groups excluding carboxylic acids is 2. The summed E-state index contributed by atoms with van der Waals surface area (Å²) >= 11 is 0. The zero-order valence-electron chi connectivity index (χ0n) is 14.6. The summed E-state index contributed by atoms with van der Waals surface area (Å²) in [5.41, 5.74) is 1.86. The lowest BCUT2D eigenvalue weighted by atomic mass is 9.92. The van der Waals surface area contributed by atoms with Gasteiger partial charge in [-0.3, -0.25) is 14.4 Å². The molecule has 2 aromatic carbocycles. The van der Waals surface area contributed by atoms with Gasteiger partial charge in [-0.25, -0.2) is 0 Å². The van der Waals surface area contributed by atoms with Crippen LogP contribution in [0, 0.1) is 0 Å². The van der Waals surface area contributed by atoms with Crippen molar-refractivity contribution < 1.29 is 24.2 Å². The number of carboxylic acids is 1. The number of ether oxygens (including phenoxy) is 1. The first-order valence-corrected chi connectivity index (χ1v) is 8.67. The normalized spacial score (nSPS) is 15.2. The van der Waals surface area contributed by atoms with Gasteiger partial charge in [-0.2, -0.15) is 0 Å². The number of fused-ring (bicyclic) bond motifs is 1. The van der Waals surface area contributed by atoms with E-state index in [-0.39, 0.29) is 30.7 Å². The number of benzene rings is 2. The second-order valence-corrected chi connectivity index (χ2v) is 6.19. The van der Waals surface area contributed by atoms with E-state index in [1.165, 1.54) is 0 Å². The largest absolute Gasteiger partial charge is 0.493 e. The predicted molar refractivity (Wildman–Crippen MR) is 99.0 cm³/mol. The molecule has 0 saturated carbocycles. The van der Waals surface area contributed by atoms with Crippen molar-refractivity contribution in [2.75, 3.05) is 18.5 Å². The molecule has 3 N–H and O–H groups in total. The Morgan fingerprint density at radius 1 is 1.07 bits per heavy atom. The molecule has 1 aliphatic heterocycles. The number of para-hydroxylation sites is 1. The first-order valence-electron chi connectivity index (χ1n) is 8.67. The van der Waals surface area contributed by atoms with Crippen LogP contribution in [0.15, 0.2) is 48.5 Å². The minimum absolute atomic E-state index is 0.0653. The Morgan fingerprint density at radius 2 is 1.81 bits per heavy atom. The zero-order chi connectivity index (χ0) is 19.2. The second-order valence-electron chi connectivity index (χ2n) is 6.19. The van der Waals surface area contributed by atoms with Crippen LogP contribution in [0.3, 0.4) is 0 Å². The summed E-state index contributed by atoms with van der Waals surface area (Å²) in [5.74, 6) is -0.994. The Balaban J connectivity index is 1.61. The van der Waals surface area contributed by atoms with Gasteiger partial charge in [0.05, 0.1) is 18.9 Å². The molecule has 2 amide bonds. The quantitative estimate of drug-likeness (QED) is 0.726. The molecule has 0 aromatic heterocycles. The maximum atomic E-state index is 12.7. The van der Waals surface area contributed by atoms with E-state index in [9.17, 15) is 14.4 Å². The fourth-order valence-corrected chi connectivity index (χ4v) is 2.93. The molecule has 1 unspecified atom stereocenters. The highest BCUT2D eigenvalue weighted by atomic mass is 16.5. The smallest absolute Gasteiger partial charge is 0.305 e.